The number of ether oxygens (including phenoxy) is 1. The van der Waals surface area contributed by atoms with Crippen LogP contribution < -0.4 is 0 Å². The summed E-state index contributed by atoms with van der Waals surface area (Å²) in [6, 6.07) is 0. The lowest BCUT2D eigenvalue weighted by Crippen LogP contribution is -2.42. The van der Waals surface area contributed by atoms with Crippen molar-refractivity contribution in [1.82, 2.24) is 14.8 Å². The molecular weight excluding hydrogens is 326 g/mol. The van der Waals surface area contributed by atoms with Crippen LogP contribution in [0.3, 0.4) is 0 Å². The number of piperidine rings is 1. The number of rotatable bonds is 4. The molecule has 132 valence electrons. The summed E-state index contributed by atoms with van der Waals surface area (Å²) in [5.74, 6) is 0.660. The second-order valence-corrected chi connectivity index (χ2v) is 7.61. The van der Waals surface area contributed by atoms with Crippen LogP contribution in [0, 0.1) is 12.8 Å². The number of amides is 2. The van der Waals surface area contributed by atoms with E-state index in [4.69, 9.17) is 4.74 Å². The van der Waals surface area contributed by atoms with Gasteiger partial charge in [-0.2, -0.15) is 0 Å². The molecule has 0 spiro atoms. The molecule has 1 unspecified atom stereocenters. The predicted molar refractivity (Wildman–Crippen MR) is 92.1 cm³/mol. The molecule has 1 atom stereocenters. The molecule has 24 heavy (non-hydrogen) atoms. The number of hydrogen-bond acceptors (Lipinski definition) is 5. The SMILES string of the molecule is Cc1nc(C(=O)N2CCCC(CCC(=O)N3CCOCC3)C2)cs1. The highest BCUT2D eigenvalue weighted by Crippen LogP contribution is 2.23. The summed E-state index contributed by atoms with van der Waals surface area (Å²) in [7, 11) is 0. The van der Waals surface area contributed by atoms with Crippen LogP contribution in [-0.2, 0) is 9.53 Å². The van der Waals surface area contributed by atoms with Crippen molar-refractivity contribution >= 4 is 23.2 Å². The maximum atomic E-state index is 12.5. The second-order valence-electron chi connectivity index (χ2n) is 6.54. The minimum atomic E-state index is 0.0311. The predicted octanol–water partition coefficient (Wildman–Crippen LogP) is 1.94. The Hall–Kier alpha value is -1.47. The van der Waals surface area contributed by atoms with Crippen LogP contribution in [0.25, 0.3) is 0 Å². The molecule has 3 rings (SSSR count). The molecule has 2 aliphatic rings. The number of hydrogen-bond donors (Lipinski definition) is 0. The molecule has 1 aromatic heterocycles. The molecule has 3 heterocycles. The van der Waals surface area contributed by atoms with Gasteiger partial charge in [0.05, 0.1) is 18.2 Å². The van der Waals surface area contributed by atoms with Gasteiger partial charge in [-0.15, -0.1) is 11.3 Å². The molecule has 6 nitrogen and oxygen atoms in total. The average Bonchev–Trinajstić information content (AvgIpc) is 3.06. The fourth-order valence-electron chi connectivity index (χ4n) is 3.41. The van der Waals surface area contributed by atoms with Gasteiger partial charge in [-0.1, -0.05) is 0 Å². The first-order chi connectivity index (χ1) is 11.6. The van der Waals surface area contributed by atoms with Crippen LogP contribution in [0.2, 0.25) is 0 Å². The second kappa shape index (κ2) is 8.07. The molecule has 0 N–H and O–H groups in total. The van der Waals surface area contributed by atoms with Crippen LogP contribution in [0.4, 0.5) is 0 Å². The van der Waals surface area contributed by atoms with Gasteiger partial charge in [-0.25, -0.2) is 4.98 Å². The average molecular weight is 351 g/mol. The van der Waals surface area contributed by atoms with Crippen LogP contribution in [0.5, 0.6) is 0 Å². The Morgan fingerprint density at radius 2 is 2.08 bits per heavy atom. The Labute approximate surface area is 146 Å². The zero-order chi connectivity index (χ0) is 16.9. The number of carbonyl (C=O) groups is 2. The van der Waals surface area contributed by atoms with E-state index in [1.54, 1.807) is 0 Å². The van der Waals surface area contributed by atoms with Gasteiger partial charge in [-0.3, -0.25) is 9.59 Å². The summed E-state index contributed by atoms with van der Waals surface area (Å²) in [6.45, 7) is 6.15. The summed E-state index contributed by atoms with van der Waals surface area (Å²) in [5.41, 5.74) is 0.558. The van der Waals surface area contributed by atoms with Gasteiger partial charge >= 0.3 is 0 Å². The molecule has 2 aliphatic heterocycles. The molecule has 0 saturated carbocycles. The fourth-order valence-corrected chi connectivity index (χ4v) is 3.99. The Morgan fingerprint density at radius 3 is 2.79 bits per heavy atom. The topological polar surface area (TPSA) is 62.7 Å². The molecule has 0 bridgehead atoms. The zero-order valence-electron chi connectivity index (χ0n) is 14.2. The molecule has 2 saturated heterocycles. The number of likely N-dealkylation sites (tertiary alicyclic amines) is 1. The van der Waals surface area contributed by atoms with Crippen molar-refractivity contribution in [3.63, 3.8) is 0 Å². The first-order valence-corrected chi connectivity index (χ1v) is 9.58. The van der Waals surface area contributed by atoms with Crippen LogP contribution >= 0.6 is 11.3 Å². The fraction of sp³-hybridized carbons (Fsp3) is 0.706. The smallest absolute Gasteiger partial charge is 0.273 e. The van der Waals surface area contributed by atoms with E-state index in [2.05, 4.69) is 4.98 Å². The normalized spacial score (nSPS) is 21.8. The Morgan fingerprint density at radius 1 is 1.29 bits per heavy atom. The molecule has 0 aromatic carbocycles. The van der Waals surface area contributed by atoms with Gasteiger partial charge in [0.2, 0.25) is 5.91 Å². The van der Waals surface area contributed by atoms with Crippen LogP contribution in [-0.4, -0.2) is 66.0 Å². The Balaban J connectivity index is 1.48. The van der Waals surface area contributed by atoms with Crippen molar-refractivity contribution in [3.05, 3.63) is 16.1 Å². The number of aromatic nitrogens is 1. The Bertz CT molecular complexity index is 583. The number of thiazole rings is 1. The van der Waals surface area contributed by atoms with Crippen LogP contribution in [0.15, 0.2) is 5.38 Å². The summed E-state index contributed by atoms with van der Waals surface area (Å²) in [4.78, 5) is 32.9. The first-order valence-electron chi connectivity index (χ1n) is 8.70. The zero-order valence-corrected chi connectivity index (χ0v) is 15.0. The number of morpholine rings is 1. The maximum Gasteiger partial charge on any atom is 0.273 e. The molecule has 2 fully saturated rings. The molecule has 0 radical (unpaired) electrons. The Kier molecular flexibility index (Phi) is 5.84. The van der Waals surface area contributed by atoms with E-state index in [1.165, 1.54) is 11.3 Å². The van der Waals surface area contributed by atoms with Gasteiger partial charge < -0.3 is 14.5 Å². The summed E-state index contributed by atoms with van der Waals surface area (Å²) < 4.78 is 5.29. The number of carbonyl (C=O) groups excluding carboxylic acids is 2. The highest BCUT2D eigenvalue weighted by Gasteiger charge is 2.26. The number of nitrogens with zero attached hydrogens (tertiary/aromatic N) is 3. The monoisotopic (exact) mass is 351 g/mol. The van der Waals surface area contributed by atoms with Crippen molar-refractivity contribution in [3.8, 4) is 0 Å². The van der Waals surface area contributed by atoms with E-state index < -0.39 is 0 Å². The molecule has 0 aliphatic carbocycles. The van der Waals surface area contributed by atoms with Gasteiger partial charge in [0.25, 0.3) is 5.91 Å². The van der Waals surface area contributed by atoms with E-state index in [9.17, 15) is 9.59 Å². The quantitative estimate of drug-likeness (QED) is 0.832. The van der Waals surface area contributed by atoms with E-state index in [0.717, 1.165) is 37.4 Å². The summed E-state index contributed by atoms with van der Waals surface area (Å²) >= 11 is 1.51. The van der Waals surface area contributed by atoms with Crippen molar-refractivity contribution < 1.29 is 14.3 Å². The van der Waals surface area contributed by atoms with Gasteiger partial charge in [0.15, 0.2) is 0 Å². The van der Waals surface area contributed by atoms with E-state index in [-0.39, 0.29) is 11.8 Å². The molecule has 1 aromatic rings. The minimum absolute atomic E-state index is 0.0311. The third kappa shape index (κ3) is 4.33. The molecular formula is C17H25N3O3S. The van der Waals surface area contributed by atoms with Crippen molar-refractivity contribution in [1.29, 1.82) is 0 Å². The lowest BCUT2D eigenvalue weighted by atomic mass is 9.93. The lowest BCUT2D eigenvalue weighted by molar-refractivity contribution is -0.135. The van der Waals surface area contributed by atoms with Crippen molar-refractivity contribution in [2.75, 3.05) is 39.4 Å². The first kappa shape index (κ1) is 17.4. The van der Waals surface area contributed by atoms with Gasteiger partial charge in [-0.05, 0) is 32.1 Å². The lowest BCUT2D eigenvalue weighted by Gasteiger charge is -2.33. The van der Waals surface area contributed by atoms with Crippen molar-refractivity contribution in [2.24, 2.45) is 5.92 Å². The highest BCUT2D eigenvalue weighted by atomic mass is 32.1. The largest absolute Gasteiger partial charge is 0.378 e. The summed E-state index contributed by atoms with van der Waals surface area (Å²) in [5, 5.41) is 2.76. The van der Waals surface area contributed by atoms with Gasteiger partial charge in [0.1, 0.15) is 5.69 Å². The van der Waals surface area contributed by atoms with Crippen LogP contribution in [0.1, 0.15) is 41.2 Å². The van der Waals surface area contributed by atoms with Crippen molar-refractivity contribution in [2.45, 2.75) is 32.6 Å². The van der Waals surface area contributed by atoms with E-state index >= 15 is 0 Å². The summed E-state index contributed by atoms with van der Waals surface area (Å²) in [6.07, 6.45) is 3.53. The maximum absolute atomic E-state index is 12.5. The molecule has 7 heteroatoms. The highest BCUT2D eigenvalue weighted by molar-refractivity contribution is 7.09. The number of aryl methyl sites for hydroxylation is 1. The standard InChI is InChI=1S/C17H25N3O3S/c1-13-18-15(12-24-13)17(22)20-6-2-3-14(11-20)4-5-16(21)19-7-9-23-10-8-19/h12,14H,2-11H2,1H3. The molecule has 2 amide bonds. The minimum Gasteiger partial charge on any atom is -0.378 e. The van der Waals surface area contributed by atoms with E-state index in [1.807, 2.05) is 22.1 Å². The van der Waals surface area contributed by atoms with E-state index in [0.29, 0.717) is 44.3 Å². The third-order valence-electron chi connectivity index (χ3n) is 4.77. The third-order valence-corrected chi connectivity index (χ3v) is 5.55. The van der Waals surface area contributed by atoms with Gasteiger partial charge in [0, 0.05) is 38.0 Å².